The van der Waals surface area contributed by atoms with E-state index in [2.05, 4.69) is 5.32 Å². The number of aliphatic hydroxyl groups is 3. The summed E-state index contributed by atoms with van der Waals surface area (Å²) in [5.74, 6) is -6.86. The molecule has 16 heteroatoms. The van der Waals surface area contributed by atoms with Crippen LogP contribution in [-0.4, -0.2) is 109 Å². The SMILES string of the molecule is CC(=O)O[C@H]1C(=O)[C@@]2(C)[C@H]([C@H](OC(=O)c3ccccc3)[C@]3(O)C[C@H](OC(=O)[C@H](O)[C@@H](NC(=O)c4ccccc4)c4ccccc4)C(C)=C1C3(C)I)[C@]1(OC(C)=O)CO[C@@H]1C[C@@H]2O. The molecule has 3 aliphatic carbocycles. The van der Waals surface area contributed by atoms with Gasteiger partial charge in [0, 0.05) is 32.3 Å². The van der Waals surface area contributed by atoms with Gasteiger partial charge >= 0.3 is 23.9 Å². The van der Waals surface area contributed by atoms with Gasteiger partial charge in [0.1, 0.15) is 23.9 Å². The number of hydrogen-bond acceptors (Lipinski definition) is 14. The highest BCUT2D eigenvalue weighted by molar-refractivity contribution is 14.1. The molecule has 4 N–H and O–H groups in total. The van der Waals surface area contributed by atoms with Crippen LogP contribution in [0.4, 0.5) is 0 Å². The van der Waals surface area contributed by atoms with E-state index in [1.54, 1.807) is 85.8 Å². The summed E-state index contributed by atoms with van der Waals surface area (Å²) in [6, 6.07) is 22.9. The van der Waals surface area contributed by atoms with Crippen molar-refractivity contribution in [2.75, 3.05) is 6.61 Å². The van der Waals surface area contributed by atoms with Crippen molar-refractivity contribution in [2.45, 2.75) is 105 Å². The van der Waals surface area contributed by atoms with Gasteiger partial charge in [0.2, 0.25) is 0 Å². The van der Waals surface area contributed by atoms with E-state index < -0.39 is 111 Å². The predicted octanol–water partition coefficient (Wildman–Crippen LogP) is 3.90. The van der Waals surface area contributed by atoms with E-state index in [0.717, 1.165) is 13.8 Å². The zero-order chi connectivity index (χ0) is 44.9. The summed E-state index contributed by atoms with van der Waals surface area (Å²) in [7, 11) is 0. The number of amides is 1. The number of esters is 4. The third-order valence-electron chi connectivity index (χ3n) is 13.0. The number of ether oxygens (including phenoxy) is 5. The second-order valence-electron chi connectivity index (χ2n) is 16.7. The molecule has 0 spiro atoms. The summed E-state index contributed by atoms with van der Waals surface area (Å²) < 4.78 is 28.6. The molecule has 0 aromatic heterocycles. The van der Waals surface area contributed by atoms with Crippen LogP contribution in [0.5, 0.6) is 0 Å². The second kappa shape index (κ2) is 16.9. The van der Waals surface area contributed by atoms with Gasteiger partial charge in [-0.05, 0) is 61.7 Å². The summed E-state index contributed by atoms with van der Waals surface area (Å²) in [5, 5.41) is 40.2. The normalized spacial score (nSPS) is 33.4. The molecule has 3 fully saturated rings. The molecule has 1 unspecified atom stereocenters. The van der Waals surface area contributed by atoms with Crippen LogP contribution in [-0.2, 0) is 42.9 Å². The molecule has 328 valence electrons. The topological polar surface area (TPSA) is 221 Å². The van der Waals surface area contributed by atoms with E-state index in [-0.39, 0.29) is 35.3 Å². The lowest BCUT2D eigenvalue weighted by molar-refractivity contribution is -0.341. The summed E-state index contributed by atoms with van der Waals surface area (Å²) in [4.78, 5) is 83.4. The van der Waals surface area contributed by atoms with Crippen molar-refractivity contribution in [3.8, 4) is 0 Å². The maximum absolute atomic E-state index is 15.5. The van der Waals surface area contributed by atoms with Gasteiger partial charge in [-0.1, -0.05) is 89.3 Å². The minimum atomic E-state index is -2.40. The molecule has 1 heterocycles. The maximum Gasteiger partial charge on any atom is 0.338 e. The lowest BCUT2D eigenvalue weighted by Gasteiger charge is -2.67. The first-order chi connectivity index (χ1) is 29.3. The first-order valence-corrected chi connectivity index (χ1v) is 21.2. The third-order valence-corrected chi connectivity index (χ3v) is 14.6. The first kappa shape index (κ1) is 45.0. The summed E-state index contributed by atoms with van der Waals surface area (Å²) >= 11 is 1.90. The molecule has 12 atom stereocenters. The number of fused-ring (bicyclic) bond motifs is 5. The largest absolute Gasteiger partial charge is 0.456 e. The highest BCUT2D eigenvalue weighted by atomic mass is 127. The Bertz CT molecular complexity index is 2290. The van der Waals surface area contributed by atoms with Crippen LogP contribution in [0.25, 0.3) is 0 Å². The predicted molar refractivity (Wildman–Crippen MR) is 226 cm³/mol. The number of hydrogen-bond donors (Lipinski definition) is 4. The average Bonchev–Trinajstić information content (AvgIpc) is 3.24. The number of benzene rings is 3. The van der Waals surface area contributed by atoms with Crippen LogP contribution in [0.3, 0.4) is 0 Å². The smallest absolute Gasteiger partial charge is 0.338 e. The summed E-state index contributed by atoms with van der Waals surface area (Å²) in [5.41, 5.74) is -5.39. The first-order valence-electron chi connectivity index (χ1n) is 20.2. The van der Waals surface area contributed by atoms with Gasteiger partial charge in [-0.3, -0.25) is 19.2 Å². The Morgan fingerprint density at radius 2 is 1.44 bits per heavy atom. The Hall–Kier alpha value is -5.01. The number of aliphatic hydroxyl groups excluding tert-OH is 2. The molecule has 0 radical (unpaired) electrons. The fourth-order valence-corrected chi connectivity index (χ4v) is 11.1. The van der Waals surface area contributed by atoms with Crippen LogP contribution in [0, 0.1) is 11.3 Å². The van der Waals surface area contributed by atoms with Crippen LogP contribution in [0.2, 0.25) is 0 Å². The minimum Gasteiger partial charge on any atom is -0.456 e. The maximum atomic E-state index is 15.5. The van der Waals surface area contributed by atoms with Gasteiger partial charge in [0.25, 0.3) is 5.91 Å². The number of alkyl halides is 1. The Morgan fingerprint density at radius 1 is 0.855 bits per heavy atom. The quantitative estimate of drug-likeness (QED) is 0.0745. The van der Waals surface area contributed by atoms with Crippen molar-refractivity contribution in [1.82, 2.24) is 5.32 Å². The Balaban J connectivity index is 1.39. The number of Topliss-reactive ketones (excluding diaryl/α,β-unsaturated/α-hetero) is 1. The third kappa shape index (κ3) is 7.52. The van der Waals surface area contributed by atoms with Crippen molar-refractivity contribution in [3.63, 3.8) is 0 Å². The molecule has 4 aliphatic rings. The van der Waals surface area contributed by atoms with E-state index in [4.69, 9.17) is 23.7 Å². The Morgan fingerprint density at radius 3 is 1.98 bits per heavy atom. The van der Waals surface area contributed by atoms with Gasteiger partial charge in [-0.25, -0.2) is 9.59 Å². The Kier molecular flexibility index (Phi) is 12.3. The number of halogens is 1. The minimum absolute atomic E-state index is 0.0162. The van der Waals surface area contributed by atoms with Crippen molar-refractivity contribution in [1.29, 1.82) is 0 Å². The van der Waals surface area contributed by atoms with Gasteiger partial charge < -0.3 is 44.3 Å². The van der Waals surface area contributed by atoms with Crippen LogP contribution in [0.1, 0.15) is 79.8 Å². The van der Waals surface area contributed by atoms with E-state index in [1.807, 2.05) is 22.6 Å². The molecule has 1 aliphatic heterocycles. The average molecular weight is 966 g/mol. The second-order valence-corrected chi connectivity index (χ2v) is 18.9. The van der Waals surface area contributed by atoms with E-state index >= 15 is 4.79 Å². The molecule has 3 aromatic carbocycles. The number of nitrogens with one attached hydrogen (secondary N) is 1. The Labute approximate surface area is 371 Å². The molecule has 62 heavy (non-hydrogen) atoms. The lowest BCUT2D eigenvalue weighted by atomic mass is 9.47. The lowest BCUT2D eigenvalue weighted by Crippen LogP contribution is -2.82. The van der Waals surface area contributed by atoms with E-state index in [0.29, 0.717) is 5.56 Å². The number of ketones is 1. The molecule has 3 aromatic rings. The van der Waals surface area contributed by atoms with Crippen LogP contribution >= 0.6 is 22.6 Å². The van der Waals surface area contributed by atoms with Gasteiger partial charge in [-0.2, -0.15) is 0 Å². The van der Waals surface area contributed by atoms with Gasteiger partial charge in [0.05, 0.1) is 39.1 Å². The van der Waals surface area contributed by atoms with E-state index in [1.165, 1.54) is 26.0 Å². The van der Waals surface area contributed by atoms with Crippen molar-refractivity contribution in [3.05, 3.63) is 119 Å². The highest BCUT2D eigenvalue weighted by Gasteiger charge is 2.78. The van der Waals surface area contributed by atoms with Gasteiger partial charge in [-0.15, -0.1) is 0 Å². The molecule has 1 saturated heterocycles. The zero-order valence-electron chi connectivity index (χ0n) is 34.6. The van der Waals surface area contributed by atoms with Crippen LogP contribution in [0.15, 0.2) is 102 Å². The van der Waals surface area contributed by atoms with Crippen molar-refractivity contribution >= 4 is 58.2 Å². The molecule has 15 nitrogen and oxygen atoms in total. The number of rotatable bonds is 10. The van der Waals surface area contributed by atoms with Crippen molar-refractivity contribution in [2.24, 2.45) is 11.3 Å². The standard InChI is InChI=1S/C46H48INO14/c1-24-30(60-42(56)35(52)34(27-15-9-6-10-16-27)48-40(54)28-17-11-7-12-18-28)22-46(57)39(61-41(55)29-19-13-8-14-20-29)37-43(4,31(51)21-32-45(37,23-58-32)62-26(3)50)38(53)36(59-25(2)49)33(24)44(46,5)47/h6-20,30-32,34-37,39,51-52,57H,21-23H2,1-5H3,(H,48,54)/t30-,31-,32+,34-,35+,36+,37-,39-,43+,44?,45-,46+/m0/s1. The molecule has 7 rings (SSSR count). The summed E-state index contributed by atoms with van der Waals surface area (Å²) in [6.45, 7) is 6.39. The van der Waals surface area contributed by atoms with E-state index in [9.17, 15) is 39.3 Å². The fraction of sp³-hybridized carbons (Fsp3) is 0.435. The number of carbonyl (C=O) groups is 6. The summed E-state index contributed by atoms with van der Waals surface area (Å²) in [6.07, 6.45) is -10.5. The monoisotopic (exact) mass is 965 g/mol. The highest BCUT2D eigenvalue weighted by Crippen LogP contribution is 2.64. The molecule has 2 saturated carbocycles. The fourth-order valence-electron chi connectivity index (χ4n) is 9.83. The molecular formula is C46H48INO14. The molecular weight excluding hydrogens is 917 g/mol. The van der Waals surface area contributed by atoms with Gasteiger partial charge in [0.15, 0.2) is 23.6 Å². The molecule has 1 amide bonds. The zero-order valence-corrected chi connectivity index (χ0v) is 36.8. The molecule has 2 bridgehead atoms. The van der Waals surface area contributed by atoms with Crippen LogP contribution < -0.4 is 5.32 Å². The van der Waals surface area contributed by atoms with Crippen molar-refractivity contribution < 1.29 is 67.8 Å². The number of carbonyl (C=O) groups excluding carboxylic acids is 6.